The predicted octanol–water partition coefficient (Wildman–Crippen LogP) is 0.162. The molecule has 0 saturated heterocycles. The Kier molecular flexibility index (Phi) is 4.91. The molecule has 0 aliphatic heterocycles. The van der Waals surface area contributed by atoms with Gasteiger partial charge < -0.3 is 11.1 Å². The number of amides is 1. The summed E-state index contributed by atoms with van der Waals surface area (Å²) in [7, 11) is -0.811. The van der Waals surface area contributed by atoms with Crippen LogP contribution in [-0.2, 0) is 10.8 Å². The van der Waals surface area contributed by atoms with Crippen LogP contribution in [0, 0.1) is 0 Å². The number of carbonyl (C=O) groups excluding carboxylic acids is 1. The second kappa shape index (κ2) is 6.22. The van der Waals surface area contributed by atoms with Crippen molar-refractivity contribution in [1.29, 1.82) is 0 Å². The third-order valence-corrected chi connectivity index (χ3v) is 2.78. The van der Waals surface area contributed by atoms with Crippen molar-refractivity contribution in [2.45, 2.75) is 6.42 Å². The van der Waals surface area contributed by atoms with Crippen LogP contribution in [0.4, 0.5) is 5.69 Å². The first-order valence-electron chi connectivity index (χ1n) is 4.89. The smallest absolute Gasteiger partial charge is 0.269 e. The second-order valence-corrected chi connectivity index (χ2v) is 4.92. The van der Waals surface area contributed by atoms with E-state index in [1.165, 1.54) is 6.20 Å². The number of nitrogens with one attached hydrogen (secondary N) is 1. The molecule has 0 saturated carbocycles. The minimum absolute atomic E-state index is 0.234. The summed E-state index contributed by atoms with van der Waals surface area (Å²) in [6.07, 6.45) is 3.78. The van der Waals surface area contributed by atoms with Gasteiger partial charge in [-0.15, -0.1) is 0 Å². The number of rotatable bonds is 5. The van der Waals surface area contributed by atoms with Crippen molar-refractivity contribution in [2.24, 2.45) is 0 Å². The summed E-state index contributed by atoms with van der Waals surface area (Å²) in [6, 6.07) is 3.20. The first kappa shape index (κ1) is 12.6. The van der Waals surface area contributed by atoms with E-state index < -0.39 is 10.8 Å². The highest BCUT2D eigenvalue weighted by Gasteiger charge is 2.05. The fourth-order valence-corrected chi connectivity index (χ4v) is 1.66. The minimum atomic E-state index is -0.811. The van der Waals surface area contributed by atoms with Gasteiger partial charge in [-0.3, -0.25) is 9.00 Å². The van der Waals surface area contributed by atoms with Crippen LogP contribution in [0.1, 0.15) is 16.9 Å². The van der Waals surface area contributed by atoms with Gasteiger partial charge >= 0.3 is 0 Å². The van der Waals surface area contributed by atoms with Crippen LogP contribution in [0.5, 0.6) is 0 Å². The molecular formula is C10H15N3O2S. The molecule has 1 atom stereocenters. The zero-order valence-corrected chi connectivity index (χ0v) is 9.92. The topological polar surface area (TPSA) is 85.1 Å². The lowest BCUT2D eigenvalue weighted by Gasteiger charge is -2.03. The Morgan fingerprint density at radius 1 is 1.56 bits per heavy atom. The Morgan fingerprint density at radius 3 is 2.88 bits per heavy atom. The van der Waals surface area contributed by atoms with E-state index in [9.17, 15) is 9.00 Å². The number of hydrogen-bond acceptors (Lipinski definition) is 4. The molecule has 1 heterocycles. The van der Waals surface area contributed by atoms with Gasteiger partial charge in [0, 0.05) is 29.4 Å². The average molecular weight is 241 g/mol. The Morgan fingerprint density at radius 2 is 2.31 bits per heavy atom. The SMILES string of the molecule is CS(=O)CCCNC(=O)c1ccc(N)cn1. The summed E-state index contributed by atoms with van der Waals surface area (Å²) in [6.45, 7) is 0.504. The van der Waals surface area contributed by atoms with Gasteiger partial charge in [-0.2, -0.15) is 0 Å². The zero-order chi connectivity index (χ0) is 12.0. The molecule has 16 heavy (non-hydrogen) atoms. The highest BCUT2D eigenvalue weighted by atomic mass is 32.2. The van der Waals surface area contributed by atoms with Crippen molar-refractivity contribution in [1.82, 2.24) is 10.3 Å². The quantitative estimate of drug-likeness (QED) is 0.719. The summed E-state index contributed by atoms with van der Waals surface area (Å²) in [5.74, 6) is 0.358. The molecule has 0 fully saturated rings. The number of nitrogens with zero attached hydrogens (tertiary/aromatic N) is 1. The molecule has 1 amide bonds. The Bertz CT molecular complexity index is 378. The Hall–Kier alpha value is -1.43. The number of hydrogen-bond donors (Lipinski definition) is 2. The maximum absolute atomic E-state index is 11.5. The van der Waals surface area contributed by atoms with Crippen molar-refractivity contribution in [2.75, 3.05) is 24.3 Å². The van der Waals surface area contributed by atoms with Crippen molar-refractivity contribution in [3.8, 4) is 0 Å². The molecule has 5 nitrogen and oxygen atoms in total. The molecule has 6 heteroatoms. The summed E-state index contributed by atoms with van der Waals surface area (Å²) in [5, 5.41) is 2.70. The van der Waals surface area contributed by atoms with E-state index in [4.69, 9.17) is 5.73 Å². The largest absolute Gasteiger partial charge is 0.397 e. The number of carbonyl (C=O) groups is 1. The predicted molar refractivity (Wildman–Crippen MR) is 64.5 cm³/mol. The van der Waals surface area contributed by atoms with Crippen LogP contribution in [0.15, 0.2) is 18.3 Å². The summed E-state index contributed by atoms with van der Waals surface area (Å²) >= 11 is 0. The number of aromatic nitrogens is 1. The third kappa shape index (κ3) is 4.39. The van der Waals surface area contributed by atoms with Crippen molar-refractivity contribution >= 4 is 22.4 Å². The monoisotopic (exact) mass is 241 g/mol. The standard InChI is InChI=1S/C10H15N3O2S/c1-16(15)6-2-5-12-10(14)9-4-3-8(11)7-13-9/h3-4,7H,2,5-6,11H2,1H3,(H,12,14). The van der Waals surface area contributed by atoms with Gasteiger partial charge in [0.05, 0.1) is 11.9 Å². The number of nitrogens with two attached hydrogens (primary N) is 1. The summed E-state index contributed by atoms with van der Waals surface area (Å²) in [4.78, 5) is 15.4. The highest BCUT2D eigenvalue weighted by molar-refractivity contribution is 7.84. The highest BCUT2D eigenvalue weighted by Crippen LogP contribution is 2.00. The van der Waals surface area contributed by atoms with Gasteiger partial charge in [0.2, 0.25) is 0 Å². The summed E-state index contributed by atoms with van der Waals surface area (Å²) < 4.78 is 10.8. The maximum Gasteiger partial charge on any atom is 0.269 e. The van der Waals surface area contributed by atoms with E-state index in [0.717, 1.165) is 0 Å². The van der Waals surface area contributed by atoms with Crippen LogP contribution in [0.3, 0.4) is 0 Å². The lowest BCUT2D eigenvalue weighted by atomic mass is 10.3. The molecule has 0 radical (unpaired) electrons. The molecule has 1 unspecified atom stereocenters. The number of nitrogen functional groups attached to an aromatic ring is 1. The van der Waals surface area contributed by atoms with Gasteiger partial charge in [0.25, 0.3) is 5.91 Å². The van der Waals surface area contributed by atoms with E-state index >= 15 is 0 Å². The maximum atomic E-state index is 11.5. The van der Waals surface area contributed by atoms with Crippen LogP contribution in [0.25, 0.3) is 0 Å². The van der Waals surface area contributed by atoms with Crippen molar-refractivity contribution < 1.29 is 9.00 Å². The molecule has 0 aliphatic rings. The molecule has 1 aromatic heterocycles. The zero-order valence-electron chi connectivity index (χ0n) is 9.10. The van der Waals surface area contributed by atoms with Crippen LogP contribution in [-0.4, -0.2) is 33.7 Å². The van der Waals surface area contributed by atoms with Crippen LogP contribution in [0.2, 0.25) is 0 Å². The van der Waals surface area contributed by atoms with E-state index in [-0.39, 0.29) is 5.91 Å². The van der Waals surface area contributed by atoms with Crippen LogP contribution >= 0.6 is 0 Å². The average Bonchev–Trinajstić information content (AvgIpc) is 2.25. The molecule has 0 aliphatic carbocycles. The third-order valence-electron chi connectivity index (χ3n) is 1.91. The first-order chi connectivity index (χ1) is 7.59. The lowest BCUT2D eigenvalue weighted by Crippen LogP contribution is -2.26. The molecule has 1 rings (SSSR count). The van der Waals surface area contributed by atoms with E-state index in [1.807, 2.05) is 0 Å². The molecule has 0 bridgehead atoms. The fraction of sp³-hybridized carbons (Fsp3) is 0.400. The lowest BCUT2D eigenvalue weighted by molar-refractivity contribution is 0.0949. The van der Waals surface area contributed by atoms with Crippen LogP contribution < -0.4 is 11.1 Å². The summed E-state index contributed by atoms with van der Waals surface area (Å²) in [5.41, 5.74) is 6.32. The molecule has 88 valence electrons. The first-order valence-corrected chi connectivity index (χ1v) is 6.62. The van der Waals surface area contributed by atoms with E-state index in [0.29, 0.717) is 30.1 Å². The van der Waals surface area contributed by atoms with Gasteiger partial charge in [-0.05, 0) is 18.6 Å². The van der Waals surface area contributed by atoms with Crippen molar-refractivity contribution in [3.63, 3.8) is 0 Å². The van der Waals surface area contributed by atoms with Gasteiger partial charge in [0.1, 0.15) is 5.69 Å². The molecular weight excluding hydrogens is 226 g/mol. The second-order valence-electron chi connectivity index (χ2n) is 3.36. The molecule has 0 spiro atoms. The molecule has 1 aromatic rings. The Labute approximate surface area is 96.9 Å². The number of pyridine rings is 1. The Balaban J connectivity index is 2.35. The van der Waals surface area contributed by atoms with Crippen molar-refractivity contribution in [3.05, 3.63) is 24.0 Å². The minimum Gasteiger partial charge on any atom is -0.397 e. The molecule has 0 aromatic carbocycles. The number of anilines is 1. The normalized spacial score (nSPS) is 12.1. The van der Waals surface area contributed by atoms with Gasteiger partial charge in [0.15, 0.2) is 0 Å². The van der Waals surface area contributed by atoms with Gasteiger partial charge in [-0.1, -0.05) is 0 Å². The van der Waals surface area contributed by atoms with Gasteiger partial charge in [-0.25, -0.2) is 4.98 Å². The van der Waals surface area contributed by atoms with E-state index in [1.54, 1.807) is 18.4 Å². The van der Waals surface area contributed by atoms with E-state index in [2.05, 4.69) is 10.3 Å². The fourth-order valence-electron chi connectivity index (χ4n) is 1.11. The molecule has 3 N–H and O–H groups in total.